The normalized spacial score (nSPS) is 38.3. The number of benzene rings is 1. The number of rotatable bonds is 2. The highest BCUT2D eigenvalue weighted by molar-refractivity contribution is 6.22. The summed E-state index contributed by atoms with van der Waals surface area (Å²) in [5, 5.41) is 30.9. The fourth-order valence-electron chi connectivity index (χ4n) is 4.43. The average Bonchev–Trinajstić information content (AvgIpc) is 3.12. The van der Waals surface area contributed by atoms with E-state index in [0.29, 0.717) is 6.42 Å². The average molecular weight is 318 g/mol. The van der Waals surface area contributed by atoms with Crippen molar-refractivity contribution in [2.45, 2.75) is 18.6 Å². The van der Waals surface area contributed by atoms with Crippen LogP contribution >= 0.6 is 0 Å². The van der Waals surface area contributed by atoms with Gasteiger partial charge < -0.3 is 10.2 Å². The van der Waals surface area contributed by atoms with E-state index in [1.807, 2.05) is 0 Å². The molecule has 6 atom stereocenters. The Morgan fingerprint density at radius 3 is 2.17 bits per heavy atom. The van der Waals surface area contributed by atoms with Gasteiger partial charge in [0.15, 0.2) is 0 Å². The number of imide groups is 1. The lowest BCUT2D eigenvalue weighted by atomic mass is 9.78. The largest absolute Gasteiger partial charge is 0.390 e. The van der Waals surface area contributed by atoms with Crippen LogP contribution < -0.4 is 4.90 Å². The summed E-state index contributed by atoms with van der Waals surface area (Å²) in [5.41, 5.74) is -0.0461. The van der Waals surface area contributed by atoms with Gasteiger partial charge in [-0.25, -0.2) is 4.90 Å². The smallest absolute Gasteiger partial charge is 0.271 e. The van der Waals surface area contributed by atoms with Crippen LogP contribution in [0.2, 0.25) is 0 Å². The van der Waals surface area contributed by atoms with E-state index in [2.05, 4.69) is 0 Å². The Morgan fingerprint density at radius 2 is 1.65 bits per heavy atom. The van der Waals surface area contributed by atoms with Crippen LogP contribution in [-0.2, 0) is 9.59 Å². The van der Waals surface area contributed by atoms with Crippen molar-refractivity contribution < 1.29 is 24.7 Å². The van der Waals surface area contributed by atoms with E-state index in [1.165, 1.54) is 24.3 Å². The molecule has 3 fully saturated rings. The van der Waals surface area contributed by atoms with Crippen LogP contribution in [0.4, 0.5) is 11.4 Å². The number of nitro groups is 1. The van der Waals surface area contributed by atoms with E-state index in [0.717, 1.165) is 4.90 Å². The van der Waals surface area contributed by atoms with Crippen LogP contribution in [0.15, 0.2) is 24.3 Å². The molecule has 2 aliphatic carbocycles. The van der Waals surface area contributed by atoms with Crippen molar-refractivity contribution in [3.8, 4) is 0 Å². The summed E-state index contributed by atoms with van der Waals surface area (Å²) in [6.45, 7) is 0. The predicted octanol–water partition coefficient (Wildman–Crippen LogP) is 0.0719. The second-order valence-corrected chi connectivity index (χ2v) is 6.39. The summed E-state index contributed by atoms with van der Waals surface area (Å²) in [4.78, 5) is 36.6. The minimum atomic E-state index is -0.997. The van der Waals surface area contributed by atoms with Gasteiger partial charge in [0.05, 0.1) is 34.7 Å². The fourth-order valence-corrected chi connectivity index (χ4v) is 4.43. The van der Waals surface area contributed by atoms with E-state index in [1.54, 1.807) is 0 Å². The second-order valence-electron chi connectivity index (χ2n) is 6.39. The summed E-state index contributed by atoms with van der Waals surface area (Å²) < 4.78 is 0. The number of aliphatic hydroxyl groups excluding tert-OH is 2. The molecule has 23 heavy (non-hydrogen) atoms. The summed E-state index contributed by atoms with van der Waals surface area (Å²) in [6, 6.07) is 5.36. The molecule has 0 aromatic heterocycles. The number of non-ortho nitro benzene ring substituents is 1. The highest BCUT2D eigenvalue weighted by atomic mass is 16.6. The number of hydrogen-bond donors (Lipinski definition) is 2. The Labute approximate surface area is 130 Å². The van der Waals surface area contributed by atoms with Gasteiger partial charge in [0, 0.05) is 24.0 Å². The fraction of sp³-hybridized carbons (Fsp3) is 0.467. The Bertz CT molecular complexity index is 702. The third kappa shape index (κ3) is 1.73. The minimum Gasteiger partial charge on any atom is -0.390 e. The van der Waals surface area contributed by atoms with Crippen molar-refractivity contribution in [2.24, 2.45) is 23.7 Å². The van der Waals surface area contributed by atoms with Gasteiger partial charge in [-0.15, -0.1) is 0 Å². The first-order chi connectivity index (χ1) is 10.9. The molecule has 120 valence electrons. The third-order valence-corrected chi connectivity index (χ3v) is 5.39. The van der Waals surface area contributed by atoms with E-state index >= 15 is 0 Å². The predicted molar refractivity (Wildman–Crippen MR) is 76.2 cm³/mol. The molecule has 2 saturated carbocycles. The zero-order valence-electron chi connectivity index (χ0n) is 11.9. The molecule has 8 nitrogen and oxygen atoms in total. The quantitative estimate of drug-likeness (QED) is 0.452. The summed E-state index contributed by atoms with van der Waals surface area (Å²) in [7, 11) is 0. The number of carbonyl (C=O) groups is 2. The molecular formula is C15H14N2O6. The minimum absolute atomic E-state index is 0.159. The molecule has 4 rings (SSSR count). The molecule has 8 heteroatoms. The van der Waals surface area contributed by atoms with Crippen molar-refractivity contribution in [3.05, 3.63) is 34.4 Å². The Balaban J connectivity index is 1.73. The number of amides is 2. The second kappa shape index (κ2) is 4.59. The molecule has 2 amide bonds. The monoisotopic (exact) mass is 318 g/mol. The Hall–Kier alpha value is -2.32. The number of nitrogens with zero attached hydrogens (tertiary/aromatic N) is 2. The molecule has 2 N–H and O–H groups in total. The summed E-state index contributed by atoms with van der Waals surface area (Å²) >= 11 is 0. The van der Waals surface area contributed by atoms with Gasteiger partial charge in [-0.3, -0.25) is 19.7 Å². The van der Waals surface area contributed by atoms with Gasteiger partial charge in [0.1, 0.15) is 0 Å². The molecule has 1 heterocycles. The maximum Gasteiger partial charge on any atom is 0.271 e. The molecule has 0 unspecified atom stereocenters. The Morgan fingerprint density at radius 1 is 1.09 bits per heavy atom. The molecule has 1 saturated heterocycles. The van der Waals surface area contributed by atoms with Gasteiger partial charge in [-0.1, -0.05) is 6.07 Å². The lowest BCUT2D eigenvalue weighted by molar-refractivity contribution is -0.384. The number of nitro benzene ring substituents is 1. The number of aliphatic hydroxyl groups is 2. The summed E-state index contributed by atoms with van der Waals surface area (Å²) in [5.74, 6) is -3.05. The van der Waals surface area contributed by atoms with Crippen molar-refractivity contribution in [1.29, 1.82) is 0 Å². The number of anilines is 1. The molecule has 3 aliphatic rings. The van der Waals surface area contributed by atoms with Gasteiger partial charge in [-0.2, -0.15) is 0 Å². The van der Waals surface area contributed by atoms with Gasteiger partial charge in [0.25, 0.3) is 5.69 Å². The van der Waals surface area contributed by atoms with E-state index in [9.17, 15) is 29.9 Å². The van der Waals surface area contributed by atoms with Crippen LogP contribution in [0, 0.1) is 33.8 Å². The van der Waals surface area contributed by atoms with Crippen LogP contribution in [0.1, 0.15) is 6.42 Å². The Kier molecular flexibility index (Phi) is 2.85. The molecule has 1 aromatic carbocycles. The number of carbonyl (C=O) groups excluding carboxylic acids is 2. The van der Waals surface area contributed by atoms with Crippen molar-refractivity contribution in [2.75, 3.05) is 4.90 Å². The lowest BCUT2D eigenvalue weighted by Crippen LogP contribution is -2.43. The maximum absolute atomic E-state index is 12.7. The van der Waals surface area contributed by atoms with Crippen molar-refractivity contribution in [1.82, 2.24) is 0 Å². The van der Waals surface area contributed by atoms with Crippen LogP contribution in [-0.4, -0.2) is 39.2 Å². The highest BCUT2D eigenvalue weighted by Gasteiger charge is 2.67. The highest BCUT2D eigenvalue weighted by Crippen LogP contribution is 2.56. The molecule has 0 radical (unpaired) electrons. The first-order valence-corrected chi connectivity index (χ1v) is 7.40. The van der Waals surface area contributed by atoms with E-state index < -0.39 is 52.6 Å². The third-order valence-electron chi connectivity index (χ3n) is 5.39. The molecule has 0 spiro atoms. The molecule has 2 bridgehead atoms. The van der Waals surface area contributed by atoms with Crippen LogP contribution in [0.5, 0.6) is 0 Å². The first-order valence-electron chi connectivity index (χ1n) is 7.40. The van der Waals surface area contributed by atoms with E-state index in [-0.39, 0.29) is 11.4 Å². The topological polar surface area (TPSA) is 121 Å². The van der Waals surface area contributed by atoms with E-state index in [4.69, 9.17) is 0 Å². The van der Waals surface area contributed by atoms with Gasteiger partial charge in [-0.05, 0) is 12.5 Å². The SMILES string of the molecule is O=C1[C@H]2[C@@H]3C[C@H]([C@H](O)[C@H]3O)[C@@H]2C(=O)N1c1cccc([N+](=O)[O-])c1. The zero-order valence-corrected chi connectivity index (χ0v) is 11.9. The van der Waals surface area contributed by atoms with Crippen molar-refractivity contribution >= 4 is 23.2 Å². The lowest BCUT2D eigenvalue weighted by Gasteiger charge is -2.29. The van der Waals surface area contributed by atoms with Gasteiger partial charge in [0.2, 0.25) is 11.8 Å². The molecular weight excluding hydrogens is 304 g/mol. The summed E-state index contributed by atoms with van der Waals surface area (Å²) in [6.07, 6.45) is -1.54. The van der Waals surface area contributed by atoms with Crippen molar-refractivity contribution in [3.63, 3.8) is 0 Å². The first kappa shape index (κ1) is 14.3. The van der Waals surface area contributed by atoms with Crippen LogP contribution in [0.25, 0.3) is 0 Å². The standard InChI is InChI=1S/C15H14N2O6/c18-12-8-5-9(13(12)19)11-10(8)14(20)16(15(11)21)6-2-1-3-7(4-6)17(22)23/h1-4,8-13,18-19H,5H2/t8-,9-,10-,11-,12-,13-/m0/s1. The molecule has 1 aromatic rings. The van der Waals surface area contributed by atoms with Gasteiger partial charge >= 0.3 is 0 Å². The zero-order chi connectivity index (χ0) is 16.5. The molecule has 1 aliphatic heterocycles. The number of fused-ring (bicyclic) bond motifs is 5. The number of hydrogen-bond acceptors (Lipinski definition) is 6. The van der Waals surface area contributed by atoms with Crippen LogP contribution in [0.3, 0.4) is 0 Å². The maximum atomic E-state index is 12.7.